The summed E-state index contributed by atoms with van der Waals surface area (Å²) >= 11 is 0. The van der Waals surface area contributed by atoms with Crippen LogP contribution in [0.15, 0.2) is 30.3 Å². The zero-order valence-corrected chi connectivity index (χ0v) is 10.9. The Hall–Kier alpha value is -1.91. The standard InChI is InChI=1S/C13H19N5/c1-11(2)7-6-10-14-13-15-16-17-18(13)12-8-4-3-5-9-12/h3-5,8-9,11H,6-7,10H2,1-2H3,(H,14,15,17). The third-order valence-corrected chi connectivity index (χ3v) is 2.71. The molecule has 0 aliphatic rings. The second-order valence-corrected chi connectivity index (χ2v) is 4.71. The Balaban J connectivity index is 1.96. The molecule has 0 amide bonds. The Kier molecular flexibility index (Phi) is 4.28. The van der Waals surface area contributed by atoms with Gasteiger partial charge in [-0.2, -0.15) is 4.68 Å². The fraction of sp³-hybridized carbons (Fsp3) is 0.462. The topological polar surface area (TPSA) is 55.6 Å². The van der Waals surface area contributed by atoms with Crippen molar-refractivity contribution in [3.05, 3.63) is 30.3 Å². The van der Waals surface area contributed by atoms with Gasteiger partial charge >= 0.3 is 0 Å². The summed E-state index contributed by atoms with van der Waals surface area (Å²) in [5.74, 6) is 1.43. The van der Waals surface area contributed by atoms with E-state index in [9.17, 15) is 0 Å². The number of nitrogens with one attached hydrogen (secondary N) is 1. The molecule has 0 saturated heterocycles. The van der Waals surface area contributed by atoms with E-state index in [1.165, 1.54) is 6.42 Å². The van der Waals surface area contributed by atoms with Crippen LogP contribution in [0, 0.1) is 5.92 Å². The minimum absolute atomic E-state index is 0.699. The van der Waals surface area contributed by atoms with Crippen molar-refractivity contribution >= 4 is 5.95 Å². The number of tetrazole rings is 1. The molecule has 1 aromatic heterocycles. The van der Waals surface area contributed by atoms with Crippen molar-refractivity contribution in [3.8, 4) is 5.69 Å². The molecule has 2 rings (SSSR count). The molecule has 0 fully saturated rings. The van der Waals surface area contributed by atoms with Crippen molar-refractivity contribution in [2.45, 2.75) is 26.7 Å². The van der Waals surface area contributed by atoms with Gasteiger partial charge in [0.1, 0.15) is 0 Å². The van der Waals surface area contributed by atoms with E-state index in [-0.39, 0.29) is 0 Å². The highest BCUT2D eigenvalue weighted by Gasteiger charge is 2.06. The lowest BCUT2D eigenvalue weighted by molar-refractivity contribution is 0.566. The molecule has 0 bridgehead atoms. The first-order valence-electron chi connectivity index (χ1n) is 6.35. The minimum atomic E-state index is 0.699. The first-order chi connectivity index (χ1) is 8.77. The Morgan fingerprint density at radius 2 is 2.00 bits per heavy atom. The van der Waals surface area contributed by atoms with E-state index in [2.05, 4.69) is 34.7 Å². The highest BCUT2D eigenvalue weighted by Crippen LogP contribution is 2.11. The van der Waals surface area contributed by atoms with Crippen molar-refractivity contribution in [2.75, 3.05) is 11.9 Å². The fourth-order valence-electron chi connectivity index (χ4n) is 1.75. The van der Waals surface area contributed by atoms with Crippen molar-refractivity contribution in [2.24, 2.45) is 5.92 Å². The molecule has 1 aromatic carbocycles. The van der Waals surface area contributed by atoms with Crippen molar-refractivity contribution in [1.29, 1.82) is 0 Å². The monoisotopic (exact) mass is 245 g/mol. The lowest BCUT2D eigenvalue weighted by Crippen LogP contribution is -2.09. The van der Waals surface area contributed by atoms with E-state index in [0.29, 0.717) is 5.95 Å². The zero-order chi connectivity index (χ0) is 12.8. The quantitative estimate of drug-likeness (QED) is 0.794. The van der Waals surface area contributed by atoms with Gasteiger partial charge in [0.05, 0.1) is 5.69 Å². The van der Waals surface area contributed by atoms with E-state index in [1.807, 2.05) is 30.3 Å². The average Bonchev–Trinajstić information content (AvgIpc) is 2.84. The number of hydrogen-bond acceptors (Lipinski definition) is 4. The molecule has 96 valence electrons. The number of anilines is 1. The molecule has 18 heavy (non-hydrogen) atoms. The van der Waals surface area contributed by atoms with Crippen LogP contribution in [0.1, 0.15) is 26.7 Å². The maximum Gasteiger partial charge on any atom is 0.247 e. The Bertz CT molecular complexity index is 463. The van der Waals surface area contributed by atoms with Gasteiger partial charge in [0.2, 0.25) is 5.95 Å². The summed E-state index contributed by atoms with van der Waals surface area (Å²) in [6.45, 7) is 5.35. The molecule has 0 spiro atoms. The van der Waals surface area contributed by atoms with Crippen LogP contribution >= 0.6 is 0 Å². The van der Waals surface area contributed by atoms with Crippen LogP contribution in [0.25, 0.3) is 5.69 Å². The molecule has 2 aromatic rings. The van der Waals surface area contributed by atoms with Crippen LogP contribution in [-0.4, -0.2) is 26.8 Å². The molecule has 1 N–H and O–H groups in total. The van der Waals surface area contributed by atoms with Gasteiger partial charge in [-0.05, 0) is 41.3 Å². The minimum Gasteiger partial charge on any atom is -0.353 e. The lowest BCUT2D eigenvalue weighted by Gasteiger charge is -2.07. The molecule has 0 radical (unpaired) electrons. The van der Waals surface area contributed by atoms with Gasteiger partial charge in [0.15, 0.2) is 0 Å². The summed E-state index contributed by atoms with van der Waals surface area (Å²) in [5.41, 5.74) is 0.967. The fourth-order valence-corrected chi connectivity index (χ4v) is 1.75. The van der Waals surface area contributed by atoms with Crippen molar-refractivity contribution in [3.63, 3.8) is 0 Å². The number of rotatable bonds is 6. The van der Waals surface area contributed by atoms with Crippen LogP contribution in [0.4, 0.5) is 5.95 Å². The molecule has 1 heterocycles. The van der Waals surface area contributed by atoms with Gasteiger partial charge in [0, 0.05) is 6.54 Å². The Labute approximate surface area is 107 Å². The normalized spacial score (nSPS) is 10.8. The van der Waals surface area contributed by atoms with Crippen LogP contribution in [-0.2, 0) is 0 Å². The maximum absolute atomic E-state index is 4.00. The van der Waals surface area contributed by atoms with Gasteiger partial charge in [-0.25, -0.2) is 0 Å². The highest BCUT2D eigenvalue weighted by atomic mass is 15.6. The largest absolute Gasteiger partial charge is 0.353 e. The summed E-state index contributed by atoms with van der Waals surface area (Å²) < 4.78 is 1.72. The predicted molar refractivity (Wildman–Crippen MR) is 71.7 cm³/mol. The molecule has 0 saturated carbocycles. The molecule has 0 aliphatic carbocycles. The summed E-state index contributed by atoms with van der Waals surface area (Å²) in [6.07, 6.45) is 2.33. The predicted octanol–water partition coefficient (Wildman–Crippen LogP) is 2.51. The molecule has 5 nitrogen and oxygen atoms in total. The number of hydrogen-bond donors (Lipinski definition) is 1. The highest BCUT2D eigenvalue weighted by molar-refractivity contribution is 5.38. The molecule has 0 aliphatic heterocycles. The number of benzene rings is 1. The third-order valence-electron chi connectivity index (χ3n) is 2.71. The van der Waals surface area contributed by atoms with Crippen LogP contribution in [0.2, 0.25) is 0 Å². The van der Waals surface area contributed by atoms with Crippen LogP contribution < -0.4 is 5.32 Å². The van der Waals surface area contributed by atoms with E-state index >= 15 is 0 Å². The Morgan fingerprint density at radius 3 is 2.72 bits per heavy atom. The molecule has 5 heteroatoms. The smallest absolute Gasteiger partial charge is 0.247 e. The average molecular weight is 245 g/mol. The van der Waals surface area contributed by atoms with E-state index in [1.54, 1.807) is 4.68 Å². The summed E-state index contributed by atoms with van der Waals surface area (Å²) in [5, 5.41) is 15.0. The second-order valence-electron chi connectivity index (χ2n) is 4.71. The molecular weight excluding hydrogens is 226 g/mol. The molecular formula is C13H19N5. The van der Waals surface area contributed by atoms with Crippen LogP contribution in [0.3, 0.4) is 0 Å². The van der Waals surface area contributed by atoms with Crippen molar-refractivity contribution < 1.29 is 0 Å². The Morgan fingerprint density at radius 1 is 1.22 bits per heavy atom. The summed E-state index contributed by atoms with van der Waals surface area (Å²) in [6, 6.07) is 9.88. The lowest BCUT2D eigenvalue weighted by atomic mass is 10.1. The molecule has 0 unspecified atom stereocenters. The van der Waals surface area contributed by atoms with Gasteiger partial charge < -0.3 is 5.32 Å². The van der Waals surface area contributed by atoms with Gasteiger partial charge in [-0.1, -0.05) is 37.1 Å². The zero-order valence-electron chi connectivity index (χ0n) is 10.9. The van der Waals surface area contributed by atoms with Crippen molar-refractivity contribution in [1.82, 2.24) is 20.2 Å². The summed E-state index contributed by atoms with van der Waals surface area (Å²) in [4.78, 5) is 0. The van der Waals surface area contributed by atoms with E-state index < -0.39 is 0 Å². The number of aromatic nitrogens is 4. The SMILES string of the molecule is CC(C)CCCNc1nnnn1-c1ccccc1. The van der Waals surface area contributed by atoms with E-state index in [4.69, 9.17) is 0 Å². The first-order valence-corrected chi connectivity index (χ1v) is 6.35. The summed E-state index contributed by atoms with van der Waals surface area (Å²) in [7, 11) is 0. The number of nitrogens with zero attached hydrogens (tertiary/aromatic N) is 4. The third kappa shape index (κ3) is 3.29. The first kappa shape index (κ1) is 12.5. The van der Waals surface area contributed by atoms with Gasteiger partial charge in [0.25, 0.3) is 0 Å². The van der Waals surface area contributed by atoms with E-state index in [0.717, 1.165) is 24.6 Å². The van der Waals surface area contributed by atoms with Gasteiger partial charge in [-0.3, -0.25) is 0 Å². The maximum atomic E-state index is 4.00. The second kappa shape index (κ2) is 6.14. The van der Waals surface area contributed by atoms with Gasteiger partial charge in [-0.15, -0.1) is 0 Å². The van der Waals surface area contributed by atoms with Crippen LogP contribution in [0.5, 0.6) is 0 Å². The molecule has 0 atom stereocenters. The number of para-hydroxylation sites is 1.